The highest BCUT2D eigenvalue weighted by molar-refractivity contribution is 5.99. The summed E-state index contributed by atoms with van der Waals surface area (Å²) < 4.78 is 5.15. The van der Waals surface area contributed by atoms with E-state index in [4.69, 9.17) is 4.74 Å². The molecule has 0 bridgehead atoms. The predicted octanol–water partition coefficient (Wildman–Crippen LogP) is 2.22. The third-order valence-electron chi connectivity index (χ3n) is 3.12. The van der Waals surface area contributed by atoms with Crippen LogP contribution in [0.5, 0.6) is 0 Å². The number of hydrogen-bond donors (Lipinski definition) is 2. The summed E-state index contributed by atoms with van der Waals surface area (Å²) in [6, 6.07) is 1.88. The van der Waals surface area contributed by atoms with Crippen molar-refractivity contribution in [1.29, 1.82) is 0 Å². The van der Waals surface area contributed by atoms with Crippen molar-refractivity contribution in [1.82, 2.24) is 10.3 Å². The number of nitrogens with zero attached hydrogens (tertiary/aromatic N) is 1. The van der Waals surface area contributed by atoms with Crippen molar-refractivity contribution >= 4 is 11.6 Å². The molecule has 0 aliphatic carbocycles. The van der Waals surface area contributed by atoms with Gasteiger partial charge in [-0.1, -0.05) is 13.8 Å². The van der Waals surface area contributed by atoms with Gasteiger partial charge in [-0.2, -0.15) is 0 Å². The Balaban J connectivity index is 2.90. The second-order valence-electron chi connectivity index (χ2n) is 5.18. The van der Waals surface area contributed by atoms with Gasteiger partial charge in [0.05, 0.1) is 23.9 Å². The Morgan fingerprint density at radius 2 is 2.15 bits per heavy atom. The Bertz CT molecular complexity index is 447. The third kappa shape index (κ3) is 4.49. The van der Waals surface area contributed by atoms with Crippen LogP contribution in [0.4, 0.5) is 5.69 Å². The summed E-state index contributed by atoms with van der Waals surface area (Å²) in [5.74, 6) is 0.184. The van der Waals surface area contributed by atoms with Gasteiger partial charge in [-0.3, -0.25) is 9.78 Å². The van der Waals surface area contributed by atoms with Crippen LogP contribution >= 0.6 is 0 Å². The highest BCUT2D eigenvalue weighted by Crippen LogP contribution is 2.16. The molecule has 5 nitrogen and oxygen atoms in total. The Hall–Kier alpha value is -1.62. The quantitative estimate of drug-likeness (QED) is 0.803. The Labute approximate surface area is 121 Å². The lowest BCUT2D eigenvalue weighted by atomic mass is 10.0. The molecule has 0 spiro atoms. The lowest BCUT2D eigenvalue weighted by Gasteiger charge is -2.22. The molecular weight excluding hydrogens is 254 g/mol. The van der Waals surface area contributed by atoms with E-state index in [9.17, 15) is 4.79 Å². The van der Waals surface area contributed by atoms with Gasteiger partial charge >= 0.3 is 0 Å². The minimum absolute atomic E-state index is 0.0109. The largest absolute Gasteiger partial charge is 0.385 e. The summed E-state index contributed by atoms with van der Waals surface area (Å²) in [5, 5.41) is 6.21. The molecule has 20 heavy (non-hydrogen) atoms. The summed E-state index contributed by atoms with van der Waals surface area (Å²) in [7, 11) is 1.64. The first-order chi connectivity index (χ1) is 9.49. The maximum atomic E-state index is 12.4. The standard InChI is InChI=1S/C15H25N3O2/c1-6-16-13-7-11(4)17-8-12(13)15(19)18-14(9-20-5)10(2)3/h7-8,10,14H,6,9H2,1-5H3,(H,16,17)(H,18,19). The van der Waals surface area contributed by atoms with Crippen LogP contribution in [0.25, 0.3) is 0 Å². The number of hydrogen-bond acceptors (Lipinski definition) is 4. The van der Waals surface area contributed by atoms with Gasteiger partial charge in [-0.25, -0.2) is 0 Å². The van der Waals surface area contributed by atoms with Crippen LogP contribution < -0.4 is 10.6 Å². The van der Waals surface area contributed by atoms with Gasteiger partial charge in [0.25, 0.3) is 5.91 Å². The molecule has 1 unspecified atom stereocenters. The fourth-order valence-electron chi connectivity index (χ4n) is 1.90. The summed E-state index contributed by atoms with van der Waals surface area (Å²) in [6.45, 7) is 9.28. The Kier molecular flexibility index (Phi) is 6.45. The molecular formula is C15H25N3O2. The van der Waals surface area contributed by atoms with E-state index in [1.54, 1.807) is 13.3 Å². The normalized spacial score (nSPS) is 12.3. The average Bonchev–Trinajstić information content (AvgIpc) is 2.38. The van der Waals surface area contributed by atoms with Gasteiger partial charge in [0.1, 0.15) is 0 Å². The number of methoxy groups -OCH3 is 1. The molecule has 0 saturated carbocycles. The predicted molar refractivity (Wildman–Crippen MR) is 81.1 cm³/mol. The Morgan fingerprint density at radius 1 is 1.45 bits per heavy atom. The molecule has 1 aromatic heterocycles. The van der Waals surface area contributed by atoms with Crippen LogP contribution in [-0.4, -0.2) is 37.2 Å². The number of pyridine rings is 1. The summed E-state index contributed by atoms with van der Waals surface area (Å²) >= 11 is 0. The van der Waals surface area contributed by atoms with Gasteiger partial charge in [0.2, 0.25) is 0 Å². The summed E-state index contributed by atoms with van der Waals surface area (Å²) in [4.78, 5) is 16.6. The number of rotatable bonds is 7. The van der Waals surface area contributed by atoms with Crippen LogP contribution in [0.15, 0.2) is 12.3 Å². The number of carbonyl (C=O) groups excluding carboxylic acids is 1. The highest BCUT2D eigenvalue weighted by Gasteiger charge is 2.19. The van der Waals surface area contributed by atoms with Crippen LogP contribution in [0, 0.1) is 12.8 Å². The van der Waals surface area contributed by atoms with E-state index < -0.39 is 0 Å². The fourth-order valence-corrected chi connectivity index (χ4v) is 1.90. The van der Waals surface area contributed by atoms with Crippen LogP contribution in [-0.2, 0) is 4.74 Å². The van der Waals surface area contributed by atoms with Gasteiger partial charge in [0, 0.05) is 25.5 Å². The zero-order valence-electron chi connectivity index (χ0n) is 13.0. The van der Waals surface area contributed by atoms with Gasteiger partial charge in [0.15, 0.2) is 0 Å². The van der Waals surface area contributed by atoms with E-state index in [-0.39, 0.29) is 11.9 Å². The smallest absolute Gasteiger partial charge is 0.255 e. The lowest BCUT2D eigenvalue weighted by molar-refractivity contribution is 0.0867. The SMILES string of the molecule is CCNc1cc(C)ncc1C(=O)NC(COC)C(C)C. The van der Waals surface area contributed by atoms with E-state index in [0.29, 0.717) is 18.1 Å². The van der Waals surface area contributed by atoms with Gasteiger partial charge < -0.3 is 15.4 Å². The van der Waals surface area contributed by atoms with Crippen molar-refractivity contribution in [2.45, 2.75) is 33.7 Å². The summed E-state index contributed by atoms with van der Waals surface area (Å²) in [5.41, 5.74) is 2.27. The van der Waals surface area contributed by atoms with E-state index in [1.165, 1.54) is 0 Å². The maximum Gasteiger partial charge on any atom is 0.255 e. The first-order valence-electron chi connectivity index (χ1n) is 6.99. The lowest BCUT2D eigenvalue weighted by Crippen LogP contribution is -2.41. The molecule has 0 aliphatic rings. The van der Waals surface area contributed by atoms with Crippen LogP contribution in [0.3, 0.4) is 0 Å². The van der Waals surface area contributed by atoms with E-state index in [0.717, 1.165) is 17.9 Å². The highest BCUT2D eigenvalue weighted by atomic mass is 16.5. The molecule has 2 N–H and O–H groups in total. The molecule has 1 heterocycles. The molecule has 1 atom stereocenters. The summed E-state index contributed by atoms with van der Waals surface area (Å²) in [6.07, 6.45) is 1.62. The number of ether oxygens (including phenoxy) is 1. The Morgan fingerprint density at radius 3 is 2.70 bits per heavy atom. The maximum absolute atomic E-state index is 12.4. The molecule has 1 aromatic rings. The molecule has 1 amide bonds. The van der Waals surface area contributed by atoms with Gasteiger partial charge in [-0.15, -0.1) is 0 Å². The van der Waals surface area contributed by atoms with E-state index >= 15 is 0 Å². The number of aromatic nitrogens is 1. The van der Waals surface area contributed by atoms with Crippen LogP contribution in [0.1, 0.15) is 36.8 Å². The fraction of sp³-hybridized carbons (Fsp3) is 0.600. The van der Waals surface area contributed by atoms with Crippen molar-refractivity contribution in [3.8, 4) is 0 Å². The molecule has 0 aromatic carbocycles. The number of anilines is 1. The molecule has 112 valence electrons. The van der Waals surface area contributed by atoms with Gasteiger partial charge in [-0.05, 0) is 25.8 Å². The van der Waals surface area contributed by atoms with Crippen molar-refractivity contribution < 1.29 is 9.53 Å². The van der Waals surface area contributed by atoms with Crippen molar-refractivity contribution in [2.75, 3.05) is 25.6 Å². The first kappa shape index (κ1) is 16.4. The minimum Gasteiger partial charge on any atom is -0.385 e. The zero-order valence-corrected chi connectivity index (χ0v) is 13.0. The molecule has 0 aliphatic heterocycles. The topological polar surface area (TPSA) is 63.2 Å². The second kappa shape index (κ2) is 7.85. The van der Waals surface area contributed by atoms with Crippen molar-refractivity contribution in [2.24, 2.45) is 5.92 Å². The van der Waals surface area contributed by atoms with Crippen molar-refractivity contribution in [3.63, 3.8) is 0 Å². The number of aryl methyl sites for hydroxylation is 1. The number of carbonyl (C=O) groups is 1. The monoisotopic (exact) mass is 279 g/mol. The second-order valence-corrected chi connectivity index (χ2v) is 5.18. The molecule has 0 saturated heterocycles. The van der Waals surface area contributed by atoms with E-state index in [1.807, 2.05) is 19.9 Å². The third-order valence-corrected chi connectivity index (χ3v) is 3.12. The number of nitrogens with one attached hydrogen (secondary N) is 2. The first-order valence-corrected chi connectivity index (χ1v) is 6.99. The number of amides is 1. The molecule has 5 heteroatoms. The molecule has 0 radical (unpaired) electrons. The van der Waals surface area contributed by atoms with Crippen LogP contribution in [0.2, 0.25) is 0 Å². The molecule has 0 fully saturated rings. The van der Waals surface area contributed by atoms with Crippen molar-refractivity contribution in [3.05, 3.63) is 23.5 Å². The molecule has 1 rings (SSSR count). The minimum atomic E-state index is -0.121. The van der Waals surface area contributed by atoms with E-state index in [2.05, 4.69) is 29.5 Å². The zero-order chi connectivity index (χ0) is 15.1. The average molecular weight is 279 g/mol.